The Morgan fingerprint density at radius 1 is 1.60 bits per heavy atom. The molecule has 84 valence electrons. The first-order chi connectivity index (χ1) is 7.40. The van der Waals surface area contributed by atoms with Gasteiger partial charge in [0.1, 0.15) is 5.76 Å². The molecule has 0 aromatic carbocycles. The van der Waals surface area contributed by atoms with Crippen LogP contribution in [0, 0.1) is 0 Å². The number of furan rings is 1. The molecular formula is C12H19NOS. The number of likely N-dealkylation sites (N-methyl/N-ethyl adjacent to an activating group) is 1. The molecule has 2 nitrogen and oxygen atoms in total. The summed E-state index contributed by atoms with van der Waals surface area (Å²) in [5.74, 6) is 2.42. The molecule has 2 heterocycles. The second-order valence-electron chi connectivity index (χ2n) is 4.08. The average molecular weight is 225 g/mol. The van der Waals surface area contributed by atoms with Crippen LogP contribution in [0.15, 0.2) is 22.8 Å². The second kappa shape index (κ2) is 5.61. The number of thioether (sulfide) groups is 1. The van der Waals surface area contributed by atoms with Crippen LogP contribution in [0.3, 0.4) is 0 Å². The minimum atomic E-state index is 0.557. The van der Waals surface area contributed by atoms with Gasteiger partial charge in [0.25, 0.3) is 0 Å². The normalized spacial score (nSPS) is 23.9. The van der Waals surface area contributed by atoms with Gasteiger partial charge in [0.2, 0.25) is 0 Å². The van der Waals surface area contributed by atoms with E-state index in [0.717, 1.165) is 17.4 Å². The molecule has 2 atom stereocenters. The van der Waals surface area contributed by atoms with Crippen molar-refractivity contribution in [2.75, 3.05) is 12.8 Å². The van der Waals surface area contributed by atoms with E-state index in [9.17, 15) is 0 Å². The molecule has 0 bridgehead atoms. The predicted octanol–water partition coefficient (Wildman–Crippen LogP) is 2.70. The summed E-state index contributed by atoms with van der Waals surface area (Å²) in [6.07, 6.45) is 6.89. The van der Waals surface area contributed by atoms with Gasteiger partial charge < -0.3 is 9.73 Å². The summed E-state index contributed by atoms with van der Waals surface area (Å²) in [7, 11) is 2.06. The molecule has 0 radical (unpaired) electrons. The molecule has 0 spiro atoms. The van der Waals surface area contributed by atoms with E-state index in [1.54, 1.807) is 6.26 Å². The van der Waals surface area contributed by atoms with Gasteiger partial charge in [-0.05, 0) is 37.8 Å². The van der Waals surface area contributed by atoms with Crippen molar-refractivity contribution in [1.82, 2.24) is 5.32 Å². The van der Waals surface area contributed by atoms with Crippen LogP contribution in [-0.2, 0) is 6.42 Å². The Bertz CT molecular complexity index is 267. The van der Waals surface area contributed by atoms with Crippen molar-refractivity contribution in [3.05, 3.63) is 24.2 Å². The van der Waals surface area contributed by atoms with E-state index >= 15 is 0 Å². The largest absolute Gasteiger partial charge is 0.469 e. The minimum absolute atomic E-state index is 0.557. The molecule has 3 heteroatoms. The van der Waals surface area contributed by atoms with E-state index in [1.807, 2.05) is 6.07 Å². The second-order valence-corrected chi connectivity index (χ2v) is 5.43. The Balaban J connectivity index is 1.91. The fourth-order valence-electron chi connectivity index (χ4n) is 2.15. The number of hydrogen-bond acceptors (Lipinski definition) is 3. The van der Waals surface area contributed by atoms with Crippen LogP contribution >= 0.6 is 11.8 Å². The molecular weight excluding hydrogens is 206 g/mol. The number of rotatable bonds is 4. The van der Waals surface area contributed by atoms with Crippen LogP contribution in [0.4, 0.5) is 0 Å². The highest BCUT2D eigenvalue weighted by Gasteiger charge is 2.23. The topological polar surface area (TPSA) is 25.2 Å². The predicted molar refractivity (Wildman–Crippen MR) is 65.4 cm³/mol. The van der Waals surface area contributed by atoms with Crippen LogP contribution in [-0.4, -0.2) is 24.1 Å². The van der Waals surface area contributed by atoms with Gasteiger partial charge in [0, 0.05) is 17.7 Å². The van der Waals surface area contributed by atoms with Gasteiger partial charge in [-0.3, -0.25) is 0 Å². The smallest absolute Gasteiger partial charge is 0.105 e. The molecule has 0 amide bonds. The van der Waals surface area contributed by atoms with Crippen LogP contribution in [0.2, 0.25) is 0 Å². The average Bonchev–Trinajstić information content (AvgIpc) is 2.80. The van der Waals surface area contributed by atoms with Crippen molar-refractivity contribution in [3.63, 3.8) is 0 Å². The summed E-state index contributed by atoms with van der Waals surface area (Å²) in [6.45, 7) is 0. The number of nitrogens with one attached hydrogen (secondary N) is 1. The maximum absolute atomic E-state index is 5.41. The van der Waals surface area contributed by atoms with Crippen molar-refractivity contribution < 1.29 is 4.42 Å². The summed E-state index contributed by atoms with van der Waals surface area (Å²) in [5.41, 5.74) is 0. The molecule has 1 N–H and O–H groups in total. The molecule has 1 aromatic heterocycles. The van der Waals surface area contributed by atoms with E-state index in [-0.39, 0.29) is 0 Å². The fourth-order valence-corrected chi connectivity index (χ4v) is 3.62. The summed E-state index contributed by atoms with van der Waals surface area (Å²) >= 11 is 2.11. The monoisotopic (exact) mass is 225 g/mol. The first kappa shape index (κ1) is 11.1. The highest BCUT2D eigenvalue weighted by molar-refractivity contribution is 8.00. The van der Waals surface area contributed by atoms with Crippen molar-refractivity contribution >= 4 is 11.8 Å². The van der Waals surface area contributed by atoms with Gasteiger partial charge in [-0.25, -0.2) is 0 Å². The Labute approximate surface area is 95.8 Å². The third-order valence-electron chi connectivity index (χ3n) is 3.04. The van der Waals surface area contributed by atoms with E-state index in [0.29, 0.717) is 6.04 Å². The minimum Gasteiger partial charge on any atom is -0.469 e. The lowest BCUT2D eigenvalue weighted by Gasteiger charge is -2.29. The van der Waals surface area contributed by atoms with Crippen molar-refractivity contribution in [2.24, 2.45) is 0 Å². The summed E-state index contributed by atoms with van der Waals surface area (Å²) in [5, 5.41) is 4.19. The number of hydrogen-bond donors (Lipinski definition) is 1. The van der Waals surface area contributed by atoms with E-state index < -0.39 is 0 Å². The fraction of sp³-hybridized carbons (Fsp3) is 0.667. The third-order valence-corrected chi connectivity index (χ3v) is 4.55. The highest BCUT2D eigenvalue weighted by atomic mass is 32.2. The molecule has 1 fully saturated rings. The van der Waals surface area contributed by atoms with Crippen molar-refractivity contribution in [3.8, 4) is 0 Å². The van der Waals surface area contributed by atoms with E-state index in [1.165, 1.54) is 25.0 Å². The molecule has 2 unspecified atom stereocenters. The Morgan fingerprint density at radius 3 is 3.13 bits per heavy atom. The van der Waals surface area contributed by atoms with Crippen molar-refractivity contribution in [2.45, 2.75) is 37.0 Å². The van der Waals surface area contributed by atoms with E-state index in [2.05, 4.69) is 30.2 Å². The Hall–Kier alpha value is -0.410. The lowest BCUT2D eigenvalue weighted by molar-refractivity contribution is 0.435. The van der Waals surface area contributed by atoms with E-state index in [4.69, 9.17) is 4.42 Å². The molecule has 1 aliphatic heterocycles. The van der Waals surface area contributed by atoms with Crippen LogP contribution in [0.25, 0.3) is 0 Å². The van der Waals surface area contributed by atoms with Gasteiger partial charge in [-0.15, -0.1) is 0 Å². The third kappa shape index (κ3) is 3.02. The lowest BCUT2D eigenvalue weighted by Crippen LogP contribution is -2.38. The Morgan fingerprint density at radius 2 is 2.53 bits per heavy atom. The van der Waals surface area contributed by atoms with Crippen LogP contribution in [0.1, 0.15) is 25.0 Å². The standard InChI is InChI=1S/C12H19NOS/c1-13-11(9-10-5-4-7-14-10)12-6-2-3-8-15-12/h4-5,7,11-13H,2-3,6,8-9H2,1H3. The van der Waals surface area contributed by atoms with Crippen LogP contribution < -0.4 is 5.32 Å². The van der Waals surface area contributed by atoms with Gasteiger partial charge in [-0.2, -0.15) is 11.8 Å². The quantitative estimate of drug-likeness (QED) is 0.853. The maximum Gasteiger partial charge on any atom is 0.105 e. The van der Waals surface area contributed by atoms with Gasteiger partial charge >= 0.3 is 0 Å². The van der Waals surface area contributed by atoms with Gasteiger partial charge in [0.05, 0.1) is 6.26 Å². The zero-order chi connectivity index (χ0) is 10.5. The molecule has 1 aliphatic rings. The summed E-state index contributed by atoms with van der Waals surface area (Å²) < 4.78 is 5.41. The zero-order valence-corrected chi connectivity index (χ0v) is 10.1. The van der Waals surface area contributed by atoms with Gasteiger partial charge in [-0.1, -0.05) is 6.42 Å². The SMILES string of the molecule is CNC(Cc1ccco1)C1CCCCS1. The highest BCUT2D eigenvalue weighted by Crippen LogP contribution is 2.28. The summed E-state index contributed by atoms with van der Waals surface area (Å²) in [4.78, 5) is 0. The molecule has 1 saturated heterocycles. The van der Waals surface area contributed by atoms with Crippen molar-refractivity contribution in [1.29, 1.82) is 0 Å². The zero-order valence-electron chi connectivity index (χ0n) is 9.24. The van der Waals surface area contributed by atoms with Gasteiger partial charge in [0.15, 0.2) is 0 Å². The molecule has 15 heavy (non-hydrogen) atoms. The first-order valence-electron chi connectivity index (χ1n) is 5.71. The molecule has 0 saturated carbocycles. The van der Waals surface area contributed by atoms with Crippen LogP contribution in [0.5, 0.6) is 0 Å². The first-order valence-corrected chi connectivity index (χ1v) is 6.76. The summed E-state index contributed by atoms with van der Waals surface area (Å²) in [6, 6.07) is 4.59. The Kier molecular flexibility index (Phi) is 4.15. The molecule has 0 aliphatic carbocycles. The lowest BCUT2D eigenvalue weighted by atomic mass is 10.0. The molecule has 2 rings (SSSR count). The maximum atomic E-state index is 5.41. The molecule has 1 aromatic rings.